The number of thioether (sulfide) groups is 1. The third-order valence-corrected chi connectivity index (χ3v) is 7.63. The fourth-order valence-corrected chi connectivity index (χ4v) is 5.22. The van der Waals surface area contributed by atoms with E-state index in [-0.39, 0.29) is 5.75 Å². The highest BCUT2D eigenvalue weighted by Crippen LogP contribution is 2.45. The van der Waals surface area contributed by atoms with E-state index in [0.717, 1.165) is 6.42 Å². The van der Waals surface area contributed by atoms with Crippen LogP contribution < -0.4 is 15.9 Å². The Balaban J connectivity index is 2.31. The summed E-state index contributed by atoms with van der Waals surface area (Å²) >= 11 is 6.33. The summed E-state index contributed by atoms with van der Waals surface area (Å²) in [6.07, 6.45) is 1.89. The largest absolute Gasteiger partial charge is 0.480 e. The van der Waals surface area contributed by atoms with Gasteiger partial charge in [-0.05, 0) is 25.0 Å². The van der Waals surface area contributed by atoms with Gasteiger partial charge in [0.05, 0.1) is 0 Å². The minimum Gasteiger partial charge on any atom is -0.480 e. The number of thiocarbonyl (C=S) groups is 1. The predicted octanol–water partition coefficient (Wildman–Crippen LogP) is 2.21. The van der Waals surface area contributed by atoms with Gasteiger partial charge in [-0.3, -0.25) is 9.36 Å². The van der Waals surface area contributed by atoms with Gasteiger partial charge in [-0.2, -0.15) is 0 Å². The maximum atomic E-state index is 12.8. The number of hydrogen-bond acceptors (Lipinski definition) is 6. The fourth-order valence-electron chi connectivity index (χ4n) is 2.25. The molecule has 7 nitrogen and oxygen atoms in total. The molecule has 3 N–H and O–H groups in total. The summed E-state index contributed by atoms with van der Waals surface area (Å²) in [4.78, 5) is 22.0. The number of benzene rings is 1. The number of amides is 1. The molecule has 150 valence electrons. The highest BCUT2D eigenvalue weighted by molar-refractivity contribution is 8.23. The van der Waals surface area contributed by atoms with Crippen molar-refractivity contribution < 1.29 is 23.8 Å². The van der Waals surface area contributed by atoms with Gasteiger partial charge in [0.15, 0.2) is 0 Å². The molecule has 0 saturated carbocycles. The molecule has 1 aromatic carbocycles. The molecule has 1 aromatic rings. The Morgan fingerprint density at radius 2 is 1.96 bits per heavy atom. The number of hydrogen-bond donors (Lipinski definition) is 3. The van der Waals surface area contributed by atoms with Crippen molar-refractivity contribution in [2.24, 2.45) is 0 Å². The molecule has 0 fully saturated rings. The van der Waals surface area contributed by atoms with Gasteiger partial charge in [0, 0.05) is 37.8 Å². The van der Waals surface area contributed by atoms with Crippen molar-refractivity contribution >= 4 is 52.9 Å². The van der Waals surface area contributed by atoms with Crippen LogP contribution in [-0.2, 0) is 18.7 Å². The molecule has 10 heteroatoms. The molecule has 2 atom stereocenters. The Hall–Kier alpha value is -1.41. The van der Waals surface area contributed by atoms with Crippen molar-refractivity contribution in [2.75, 3.05) is 25.6 Å². The van der Waals surface area contributed by atoms with Gasteiger partial charge < -0.3 is 20.3 Å². The zero-order chi connectivity index (χ0) is 20.3. The SMILES string of the molecule is COP(=O)(CCCCNC(=S)SC[C@H](NC(C)=O)C(=O)O)c1ccccc1. The number of carbonyl (C=O) groups is 2. The molecule has 0 heterocycles. The molecule has 27 heavy (non-hydrogen) atoms. The third kappa shape index (κ3) is 8.88. The van der Waals surface area contributed by atoms with E-state index >= 15 is 0 Å². The van der Waals surface area contributed by atoms with Gasteiger partial charge in [-0.15, -0.1) is 0 Å². The summed E-state index contributed by atoms with van der Waals surface area (Å²) in [6.45, 7) is 1.85. The first-order valence-corrected chi connectivity index (χ1v) is 11.6. The first-order valence-electron chi connectivity index (χ1n) is 8.39. The maximum absolute atomic E-state index is 12.8. The molecular weight excluding hydrogens is 407 g/mol. The molecular formula is C17H25N2O5PS2. The number of rotatable bonds is 11. The van der Waals surface area contributed by atoms with Gasteiger partial charge >= 0.3 is 5.97 Å². The summed E-state index contributed by atoms with van der Waals surface area (Å²) in [5.41, 5.74) is 0. The average Bonchev–Trinajstić information content (AvgIpc) is 2.64. The van der Waals surface area contributed by atoms with Crippen LogP contribution in [0.3, 0.4) is 0 Å². The van der Waals surface area contributed by atoms with Crippen LogP contribution in [0.1, 0.15) is 19.8 Å². The number of carboxylic acids is 1. The summed E-state index contributed by atoms with van der Waals surface area (Å²) in [6, 6.07) is 8.18. The molecule has 1 rings (SSSR count). The molecule has 0 bridgehead atoms. The Kier molecular flexibility index (Phi) is 10.6. The van der Waals surface area contributed by atoms with E-state index in [1.165, 1.54) is 25.8 Å². The van der Waals surface area contributed by atoms with Crippen LogP contribution in [0.2, 0.25) is 0 Å². The van der Waals surface area contributed by atoms with Crippen molar-refractivity contribution in [3.8, 4) is 0 Å². The van der Waals surface area contributed by atoms with Crippen molar-refractivity contribution in [2.45, 2.75) is 25.8 Å². The van der Waals surface area contributed by atoms with Crippen LogP contribution in [0.5, 0.6) is 0 Å². The van der Waals surface area contributed by atoms with E-state index in [1.54, 1.807) is 0 Å². The standard InChI is InChI=1S/C17H25N2O5PS2/c1-13(20)19-15(16(21)22)12-27-17(26)18-10-6-7-11-25(23,24-2)14-8-4-3-5-9-14/h3-5,8-9,15H,6-7,10-12H2,1-2H3,(H,18,26)(H,19,20)(H,21,22)/t15-,25?/m0/s1. The minimum atomic E-state index is -2.84. The number of carbonyl (C=O) groups excluding carboxylic acids is 1. The van der Waals surface area contributed by atoms with Gasteiger partial charge in [-0.25, -0.2) is 4.79 Å². The molecule has 0 saturated heterocycles. The van der Waals surface area contributed by atoms with Crippen LogP contribution in [0.25, 0.3) is 0 Å². The molecule has 0 radical (unpaired) electrons. The summed E-state index contributed by atoms with van der Waals surface area (Å²) < 4.78 is 18.6. The zero-order valence-corrected chi connectivity index (χ0v) is 17.9. The van der Waals surface area contributed by atoms with Crippen LogP contribution >= 0.6 is 31.3 Å². The number of nitrogens with one attached hydrogen (secondary N) is 2. The molecule has 0 aliphatic heterocycles. The van der Waals surface area contributed by atoms with E-state index < -0.39 is 25.3 Å². The van der Waals surface area contributed by atoms with Crippen molar-refractivity contribution in [1.29, 1.82) is 0 Å². The first-order chi connectivity index (χ1) is 12.8. The number of carboxylic acid groups (broad SMARTS) is 1. The van der Waals surface area contributed by atoms with Crippen LogP contribution in [0, 0.1) is 0 Å². The monoisotopic (exact) mass is 432 g/mol. The van der Waals surface area contributed by atoms with Crippen LogP contribution in [-0.4, -0.2) is 52.9 Å². The zero-order valence-electron chi connectivity index (χ0n) is 15.3. The smallest absolute Gasteiger partial charge is 0.327 e. The second kappa shape index (κ2) is 12.1. The maximum Gasteiger partial charge on any atom is 0.327 e. The van der Waals surface area contributed by atoms with Gasteiger partial charge in [0.25, 0.3) is 0 Å². The lowest BCUT2D eigenvalue weighted by Crippen LogP contribution is -2.42. The molecule has 1 unspecified atom stereocenters. The molecule has 0 spiro atoms. The molecule has 0 aromatic heterocycles. The number of unbranched alkanes of at least 4 members (excludes halogenated alkanes) is 1. The fraction of sp³-hybridized carbons (Fsp3) is 0.471. The van der Waals surface area contributed by atoms with Gasteiger partial charge in [0.2, 0.25) is 13.3 Å². The second-order valence-electron chi connectivity index (χ2n) is 5.74. The first kappa shape index (κ1) is 23.6. The Bertz CT molecular complexity index is 687. The van der Waals surface area contributed by atoms with E-state index in [1.807, 2.05) is 30.3 Å². The quantitative estimate of drug-likeness (QED) is 0.278. The van der Waals surface area contributed by atoms with E-state index in [4.69, 9.17) is 21.8 Å². The van der Waals surface area contributed by atoms with E-state index in [9.17, 15) is 14.2 Å². The summed E-state index contributed by atoms with van der Waals surface area (Å²) in [7, 11) is -1.37. The lowest BCUT2D eigenvalue weighted by molar-refractivity contribution is -0.140. The lowest BCUT2D eigenvalue weighted by atomic mass is 10.3. The van der Waals surface area contributed by atoms with E-state index in [2.05, 4.69) is 10.6 Å². The van der Waals surface area contributed by atoms with Crippen molar-refractivity contribution in [1.82, 2.24) is 10.6 Å². The molecule has 1 amide bonds. The van der Waals surface area contributed by atoms with Crippen LogP contribution in [0.4, 0.5) is 0 Å². The Morgan fingerprint density at radius 1 is 1.30 bits per heavy atom. The normalized spacial score (nSPS) is 14.0. The summed E-state index contributed by atoms with van der Waals surface area (Å²) in [5.74, 6) is -1.35. The Labute approximate surface area is 169 Å². The van der Waals surface area contributed by atoms with Crippen LogP contribution in [0.15, 0.2) is 30.3 Å². The Morgan fingerprint density at radius 3 is 2.52 bits per heavy atom. The number of aliphatic carboxylic acids is 1. The van der Waals surface area contributed by atoms with Crippen molar-refractivity contribution in [3.05, 3.63) is 30.3 Å². The highest BCUT2D eigenvalue weighted by atomic mass is 32.2. The van der Waals surface area contributed by atoms with Crippen molar-refractivity contribution in [3.63, 3.8) is 0 Å². The van der Waals surface area contributed by atoms with Gasteiger partial charge in [0.1, 0.15) is 10.4 Å². The third-order valence-electron chi connectivity index (χ3n) is 3.65. The highest BCUT2D eigenvalue weighted by Gasteiger charge is 2.23. The molecule has 0 aliphatic rings. The topological polar surface area (TPSA) is 105 Å². The molecule has 0 aliphatic carbocycles. The second-order valence-corrected chi connectivity index (χ2v) is 10.1. The van der Waals surface area contributed by atoms with Gasteiger partial charge in [-0.1, -0.05) is 42.2 Å². The van der Waals surface area contributed by atoms with E-state index in [0.29, 0.717) is 28.8 Å². The lowest BCUT2D eigenvalue weighted by Gasteiger charge is -2.17. The minimum absolute atomic E-state index is 0.146. The average molecular weight is 433 g/mol. The predicted molar refractivity (Wildman–Crippen MR) is 113 cm³/mol. The summed E-state index contributed by atoms with van der Waals surface area (Å²) in [5, 5.41) is 15.1.